The summed E-state index contributed by atoms with van der Waals surface area (Å²) in [4.78, 5) is 42.5. The Morgan fingerprint density at radius 1 is 1.15 bits per heavy atom. The van der Waals surface area contributed by atoms with E-state index in [9.17, 15) is 19.5 Å². The lowest BCUT2D eigenvalue weighted by molar-refractivity contribution is -0.298. The molecule has 1 saturated heterocycles. The normalized spacial score (nSPS) is 25.6. The molecule has 2 amide bonds. The van der Waals surface area contributed by atoms with E-state index in [1.54, 1.807) is 26.1 Å². The van der Waals surface area contributed by atoms with Gasteiger partial charge < -0.3 is 30.2 Å². The first kappa shape index (κ1) is 32.1. The average molecular weight is 562 g/mol. The van der Waals surface area contributed by atoms with Gasteiger partial charge in [0.25, 0.3) is 0 Å². The van der Waals surface area contributed by atoms with Gasteiger partial charge in [-0.15, -0.1) is 0 Å². The summed E-state index contributed by atoms with van der Waals surface area (Å²) in [5, 5.41) is 16.3. The Bertz CT molecular complexity index is 1020. The van der Waals surface area contributed by atoms with E-state index in [-0.39, 0.29) is 36.2 Å². The summed E-state index contributed by atoms with van der Waals surface area (Å²) in [6.45, 7) is 14.2. The van der Waals surface area contributed by atoms with Crippen molar-refractivity contribution >= 4 is 17.8 Å². The second-order valence-electron chi connectivity index (χ2n) is 13.2. The highest BCUT2D eigenvalue weighted by Gasteiger charge is 2.47. The van der Waals surface area contributed by atoms with Gasteiger partial charge in [0, 0.05) is 40.9 Å². The summed E-state index contributed by atoms with van der Waals surface area (Å²) in [6, 6.07) is 1.41. The number of aliphatic carboxylic acids is 1. The maximum absolute atomic E-state index is 14.0. The van der Waals surface area contributed by atoms with Gasteiger partial charge in [-0.25, -0.2) is 4.79 Å². The Balaban J connectivity index is 1.87. The van der Waals surface area contributed by atoms with E-state index in [4.69, 9.17) is 9.47 Å². The van der Waals surface area contributed by atoms with Gasteiger partial charge in [0.2, 0.25) is 0 Å². The number of ether oxygens (including phenoxy) is 2. The number of carboxylic acids is 1. The molecule has 1 saturated carbocycles. The van der Waals surface area contributed by atoms with Crippen molar-refractivity contribution in [3.63, 3.8) is 0 Å². The number of unbranched alkanes of at least 4 members (excludes halogenated alkanes) is 1. The number of H-pyrrole nitrogens is 1. The predicted octanol–water partition coefficient (Wildman–Crippen LogP) is 6.01. The molecule has 3 rings (SSSR count). The van der Waals surface area contributed by atoms with Crippen LogP contribution in [0.3, 0.4) is 0 Å². The number of hydrogen-bond donors (Lipinski definition) is 4. The van der Waals surface area contributed by atoms with Crippen molar-refractivity contribution in [2.75, 3.05) is 6.61 Å². The molecule has 0 aromatic carbocycles. The molecule has 4 N–H and O–H groups in total. The number of amides is 2. The fraction of sp³-hybridized carbons (Fsp3) is 0.774. The lowest BCUT2D eigenvalue weighted by Gasteiger charge is -2.45. The third-order valence-corrected chi connectivity index (χ3v) is 8.59. The summed E-state index contributed by atoms with van der Waals surface area (Å²) in [6.07, 6.45) is 7.30. The molecule has 9 heteroatoms. The zero-order valence-electron chi connectivity index (χ0n) is 25.5. The predicted molar refractivity (Wildman–Crippen MR) is 154 cm³/mol. The van der Waals surface area contributed by atoms with Crippen molar-refractivity contribution in [2.24, 2.45) is 17.3 Å². The largest absolute Gasteiger partial charge is 0.481 e. The third-order valence-electron chi connectivity index (χ3n) is 8.59. The minimum absolute atomic E-state index is 0.0801. The first-order chi connectivity index (χ1) is 18.8. The topological polar surface area (TPSA) is 130 Å². The monoisotopic (exact) mass is 561 g/mol. The molecule has 1 aliphatic heterocycles. The number of rotatable bonds is 12. The van der Waals surface area contributed by atoms with Gasteiger partial charge >= 0.3 is 12.0 Å². The SMILES string of the molecule is CCCCC(NC(=O)NC1CCCCC1C(CC(=O)O)c1[nH]ccc1C(=O)C1OC(C)(C)OCC1(C)C)C(C)C. The van der Waals surface area contributed by atoms with Crippen LogP contribution in [0.25, 0.3) is 0 Å². The first-order valence-corrected chi connectivity index (χ1v) is 15.1. The average Bonchev–Trinajstić information content (AvgIpc) is 3.36. The quantitative estimate of drug-likeness (QED) is 0.231. The molecule has 1 aromatic rings. The number of carbonyl (C=O) groups excluding carboxylic acids is 2. The van der Waals surface area contributed by atoms with Crippen LogP contribution in [0.2, 0.25) is 0 Å². The van der Waals surface area contributed by atoms with Gasteiger partial charge in [-0.3, -0.25) is 9.59 Å². The maximum atomic E-state index is 14.0. The Kier molecular flexibility index (Phi) is 10.9. The van der Waals surface area contributed by atoms with E-state index < -0.39 is 29.2 Å². The molecule has 40 heavy (non-hydrogen) atoms. The van der Waals surface area contributed by atoms with Crippen molar-refractivity contribution < 1.29 is 29.0 Å². The summed E-state index contributed by atoms with van der Waals surface area (Å²) in [5.74, 6) is -2.29. The number of ketones is 1. The molecule has 5 atom stereocenters. The van der Waals surface area contributed by atoms with E-state index in [1.807, 2.05) is 13.8 Å². The Labute approximate surface area is 239 Å². The first-order valence-electron chi connectivity index (χ1n) is 15.1. The smallest absolute Gasteiger partial charge is 0.315 e. The maximum Gasteiger partial charge on any atom is 0.315 e. The van der Waals surface area contributed by atoms with Gasteiger partial charge in [0.05, 0.1) is 13.0 Å². The van der Waals surface area contributed by atoms with Crippen molar-refractivity contribution in [1.82, 2.24) is 15.6 Å². The number of carboxylic acid groups (broad SMARTS) is 1. The number of carbonyl (C=O) groups is 3. The van der Waals surface area contributed by atoms with Crippen LogP contribution in [0.15, 0.2) is 12.3 Å². The van der Waals surface area contributed by atoms with Crippen LogP contribution < -0.4 is 10.6 Å². The van der Waals surface area contributed by atoms with Gasteiger partial charge in [-0.05, 0) is 51.0 Å². The van der Waals surface area contributed by atoms with Crippen molar-refractivity contribution in [1.29, 1.82) is 0 Å². The highest BCUT2D eigenvalue weighted by Crippen LogP contribution is 2.42. The highest BCUT2D eigenvalue weighted by molar-refractivity contribution is 6.01. The number of nitrogens with one attached hydrogen (secondary N) is 3. The molecule has 226 valence electrons. The van der Waals surface area contributed by atoms with Gasteiger partial charge in [-0.2, -0.15) is 0 Å². The van der Waals surface area contributed by atoms with Gasteiger partial charge in [0.15, 0.2) is 11.6 Å². The lowest BCUT2D eigenvalue weighted by atomic mass is 9.72. The van der Waals surface area contributed by atoms with Crippen LogP contribution >= 0.6 is 0 Å². The summed E-state index contributed by atoms with van der Waals surface area (Å²) in [7, 11) is 0. The fourth-order valence-electron chi connectivity index (χ4n) is 6.22. The number of hydrogen-bond acceptors (Lipinski definition) is 5. The molecule has 0 spiro atoms. The van der Waals surface area contributed by atoms with Gasteiger partial charge in [-0.1, -0.05) is 60.3 Å². The second-order valence-corrected chi connectivity index (χ2v) is 13.2. The molecule has 0 radical (unpaired) electrons. The lowest BCUT2D eigenvalue weighted by Crippen LogP contribution is -2.54. The summed E-state index contributed by atoms with van der Waals surface area (Å²) >= 11 is 0. The van der Waals surface area contributed by atoms with Crippen molar-refractivity contribution in [3.8, 4) is 0 Å². The molecule has 0 bridgehead atoms. The van der Waals surface area contributed by atoms with Crippen molar-refractivity contribution in [2.45, 2.75) is 130 Å². The summed E-state index contributed by atoms with van der Waals surface area (Å²) < 4.78 is 11.9. The summed E-state index contributed by atoms with van der Waals surface area (Å²) in [5.41, 5.74) is 0.509. The Morgan fingerprint density at radius 3 is 2.50 bits per heavy atom. The molecular formula is C31H51N3O6. The zero-order chi connectivity index (χ0) is 29.7. The molecule has 2 fully saturated rings. The van der Waals surface area contributed by atoms with Crippen molar-refractivity contribution in [3.05, 3.63) is 23.5 Å². The minimum atomic E-state index is -0.935. The fourth-order valence-corrected chi connectivity index (χ4v) is 6.22. The molecule has 2 heterocycles. The number of aromatic amines is 1. The van der Waals surface area contributed by atoms with Crippen LogP contribution in [-0.4, -0.2) is 58.5 Å². The van der Waals surface area contributed by atoms with E-state index in [1.165, 1.54) is 0 Å². The molecule has 9 nitrogen and oxygen atoms in total. The Morgan fingerprint density at radius 2 is 1.85 bits per heavy atom. The molecule has 1 aliphatic carbocycles. The van der Waals surface area contributed by atoms with Crippen LogP contribution in [0.1, 0.15) is 122 Å². The van der Waals surface area contributed by atoms with E-state index in [0.29, 0.717) is 23.8 Å². The van der Waals surface area contributed by atoms with Crippen LogP contribution in [0.4, 0.5) is 4.79 Å². The zero-order valence-corrected chi connectivity index (χ0v) is 25.5. The molecule has 1 aromatic heterocycles. The minimum Gasteiger partial charge on any atom is -0.481 e. The van der Waals surface area contributed by atoms with E-state index in [0.717, 1.165) is 44.9 Å². The second kappa shape index (κ2) is 13.5. The Hall–Kier alpha value is -2.39. The third kappa shape index (κ3) is 8.09. The van der Waals surface area contributed by atoms with E-state index >= 15 is 0 Å². The van der Waals surface area contributed by atoms with E-state index in [2.05, 4.69) is 36.4 Å². The standard InChI is InChI=1S/C31H51N3O6/c1-8-9-13-23(19(2)3)33-29(38)34-24-14-11-10-12-20(24)22(17-25(35)36)26-21(15-16-32-26)27(37)28-30(4,5)18-39-31(6,7)40-28/h15-16,19-20,22-24,28,32H,8-14,17-18H2,1-7H3,(H,35,36)(H2,33,34,38). The van der Waals surface area contributed by atoms with Gasteiger partial charge in [0.1, 0.15) is 6.10 Å². The molecule has 2 aliphatic rings. The number of Topliss-reactive ketones (excluding diaryl/α,β-unsaturated/α-hetero) is 1. The molecular weight excluding hydrogens is 510 g/mol. The number of aromatic nitrogens is 1. The van der Waals surface area contributed by atoms with Crippen LogP contribution in [0, 0.1) is 17.3 Å². The number of urea groups is 1. The molecule has 5 unspecified atom stereocenters. The van der Waals surface area contributed by atoms with Crippen LogP contribution in [-0.2, 0) is 14.3 Å². The highest BCUT2D eigenvalue weighted by atomic mass is 16.7. The van der Waals surface area contributed by atoms with Crippen LogP contribution in [0.5, 0.6) is 0 Å².